The molecule has 4 rings (SSSR count). The largest absolute Gasteiger partial charge is 0.493 e. The number of nitrogens with zero attached hydrogens (tertiary/aromatic N) is 3. The van der Waals surface area contributed by atoms with Gasteiger partial charge < -0.3 is 10.1 Å². The molecule has 3 aromatic rings. The minimum atomic E-state index is -0.120. The molecule has 6 heteroatoms. The third-order valence-corrected chi connectivity index (χ3v) is 4.32. The molecule has 0 unspecified atom stereocenters. The van der Waals surface area contributed by atoms with E-state index in [-0.39, 0.29) is 11.8 Å². The van der Waals surface area contributed by atoms with Crippen LogP contribution in [0.5, 0.6) is 5.75 Å². The minimum absolute atomic E-state index is 0.120. The van der Waals surface area contributed by atoms with Gasteiger partial charge in [-0.05, 0) is 30.2 Å². The number of para-hydroxylation sites is 2. The van der Waals surface area contributed by atoms with Crippen LogP contribution < -0.4 is 10.1 Å². The predicted molar refractivity (Wildman–Crippen MR) is 92.8 cm³/mol. The van der Waals surface area contributed by atoms with E-state index in [1.54, 1.807) is 17.1 Å². The first kappa shape index (κ1) is 15.4. The first-order valence-corrected chi connectivity index (χ1v) is 8.24. The van der Waals surface area contributed by atoms with E-state index in [0.717, 1.165) is 12.2 Å². The molecule has 25 heavy (non-hydrogen) atoms. The average Bonchev–Trinajstić information content (AvgIpc) is 3.20. The molecule has 6 nitrogen and oxygen atoms in total. The van der Waals surface area contributed by atoms with Gasteiger partial charge in [-0.15, -0.1) is 0 Å². The highest BCUT2D eigenvalue weighted by Crippen LogP contribution is 2.26. The number of hydrogen-bond donors (Lipinski definition) is 1. The van der Waals surface area contributed by atoms with Gasteiger partial charge in [-0.1, -0.05) is 30.3 Å². The number of aromatic nitrogens is 3. The topological polar surface area (TPSA) is 69.0 Å². The molecule has 2 aromatic carbocycles. The maximum absolute atomic E-state index is 12.6. The summed E-state index contributed by atoms with van der Waals surface area (Å²) in [7, 11) is 0. The number of nitrogens with one attached hydrogen (secondary N) is 1. The van der Waals surface area contributed by atoms with Crippen LogP contribution in [0, 0.1) is 5.92 Å². The fraction of sp³-hybridized carbons (Fsp3) is 0.211. The lowest BCUT2D eigenvalue weighted by Gasteiger charge is -2.25. The molecule has 1 atom stereocenters. The highest BCUT2D eigenvalue weighted by atomic mass is 16.5. The fourth-order valence-electron chi connectivity index (χ4n) is 3.05. The molecule has 0 bridgehead atoms. The molecule has 0 saturated heterocycles. The SMILES string of the molecule is O=C(NC[C@H]1COc2ccccc2C1)c1ccccc1-n1cncn1. The van der Waals surface area contributed by atoms with Crippen LogP contribution in [-0.2, 0) is 6.42 Å². The summed E-state index contributed by atoms with van der Waals surface area (Å²) >= 11 is 0. The van der Waals surface area contributed by atoms with Crippen molar-refractivity contribution in [3.8, 4) is 11.4 Å². The van der Waals surface area contributed by atoms with Crippen LogP contribution in [0.15, 0.2) is 61.2 Å². The number of benzene rings is 2. The molecule has 0 spiro atoms. The van der Waals surface area contributed by atoms with Gasteiger partial charge in [0.05, 0.1) is 17.9 Å². The van der Waals surface area contributed by atoms with Crippen molar-refractivity contribution in [1.29, 1.82) is 0 Å². The number of fused-ring (bicyclic) bond motifs is 1. The highest BCUT2D eigenvalue weighted by molar-refractivity contribution is 5.97. The summed E-state index contributed by atoms with van der Waals surface area (Å²) in [6, 6.07) is 15.4. The number of carbonyl (C=O) groups is 1. The molecular weight excluding hydrogens is 316 g/mol. The van der Waals surface area contributed by atoms with E-state index in [0.29, 0.717) is 24.4 Å². The van der Waals surface area contributed by atoms with Crippen LogP contribution >= 0.6 is 0 Å². The van der Waals surface area contributed by atoms with Crippen LogP contribution in [0.4, 0.5) is 0 Å². The Balaban J connectivity index is 1.44. The second-order valence-corrected chi connectivity index (χ2v) is 6.06. The van der Waals surface area contributed by atoms with Gasteiger partial charge in [0.1, 0.15) is 18.4 Å². The van der Waals surface area contributed by atoms with Crippen LogP contribution in [0.3, 0.4) is 0 Å². The molecule has 126 valence electrons. The zero-order valence-corrected chi connectivity index (χ0v) is 13.6. The summed E-state index contributed by atoms with van der Waals surface area (Å²) in [5.41, 5.74) is 2.48. The van der Waals surface area contributed by atoms with Crippen molar-refractivity contribution in [3.05, 3.63) is 72.3 Å². The standard InChI is InChI=1S/C19H18N4O2/c24-19(16-6-2-3-7-17(16)23-13-20-12-22-23)21-10-14-9-15-5-1-4-8-18(15)25-11-14/h1-8,12-14H,9-11H2,(H,21,24)/t14-/m0/s1. The molecule has 0 aliphatic carbocycles. The Bertz CT molecular complexity index is 877. The van der Waals surface area contributed by atoms with E-state index in [2.05, 4.69) is 21.5 Å². The average molecular weight is 334 g/mol. The molecule has 0 radical (unpaired) electrons. The van der Waals surface area contributed by atoms with Gasteiger partial charge in [0, 0.05) is 12.5 Å². The second-order valence-electron chi connectivity index (χ2n) is 6.06. The number of rotatable bonds is 4. The monoisotopic (exact) mass is 334 g/mol. The van der Waals surface area contributed by atoms with Crippen LogP contribution in [-0.4, -0.2) is 33.8 Å². The van der Waals surface area contributed by atoms with E-state index in [1.807, 2.05) is 36.4 Å². The van der Waals surface area contributed by atoms with Crippen molar-refractivity contribution in [1.82, 2.24) is 20.1 Å². The van der Waals surface area contributed by atoms with Crippen molar-refractivity contribution < 1.29 is 9.53 Å². The maximum Gasteiger partial charge on any atom is 0.253 e. The summed E-state index contributed by atoms with van der Waals surface area (Å²) in [5, 5.41) is 7.13. The second kappa shape index (κ2) is 6.76. The summed E-state index contributed by atoms with van der Waals surface area (Å²) in [6.07, 6.45) is 3.94. The smallest absolute Gasteiger partial charge is 0.253 e. The molecule has 1 aliphatic heterocycles. The van der Waals surface area contributed by atoms with E-state index in [4.69, 9.17) is 4.74 Å². The number of ether oxygens (including phenoxy) is 1. The molecule has 1 N–H and O–H groups in total. The van der Waals surface area contributed by atoms with E-state index in [1.165, 1.54) is 11.9 Å². The molecule has 0 fully saturated rings. The maximum atomic E-state index is 12.6. The van der Waals surface area contributed by atoms with Gasteiger partial charge in [0.15, 0.2) is 0 Å². The van der Waals surface area contributed by atoms with Crippen LogP contribution in [0.1, 0.15) is 15.9 Å². The molecular formula is C19H18N4O2. The normalized spacial score (nSPS) is 15.9. The molecule has 1 aliphatic rings. The Kier molecular flexibility index (Phi) is 4.16. The Morgan fingerprint density at radius 2 is 2.04 bits per heavy atom. The molecule has 1 aromatic heterocycles. The third kappa shape index (κ3) is 3.24. The lowest BCUT2D eigenvalue weighted by molar-refractivity contribution is 0.0939. The zero-order chi connectivity index (χ0) is 17.1. The lowest BCUT2D eigenvalue weighted by Crippen LogP contribution is -2.35. The molecule has 0 saturated carbocycles. The number of amides is 1. The highest BCUT2D eigenvalue weighted by Gasteiger charge is 2.21. The fourth-order valence-corrected chi connectivity index (χ4v) is 3.05. The van der Waals surface area contributed by atoms with Gasteiger partial charge in [-0.2, -0.15) is 5.10 Å². The summed E-state index contributed by atoms with van der Waals surface area (Å²) in [5.74, 6) is 1.09. The number of carbonyl (C=O) groups excluding carboxylic acids is 1. The quantitative estimate of drug-likeness (QED) is 0.794. The van der Waals surface area contributed by atoms with Gasteiger partial charge in [0.25, 0.3) is 5.91 Å². The van der Waals surface area contributed by atoms with Crippen molar-refractivity contribution in [2.24, 2.45) is 5.92 Å². The summed E-state index contributed by atoms with van der Waals surface area (Å²) in [4.78, 5) is 16.6. The van der Waals surface area contributed by atoms with Gasteiger partial charge in [-0.25, -0.2) is 9.67 Å². The summed E-state index contributed by atoms with van der Waals surface area (Å²) < 4.78 is 7.38. The Morgan fingerprint density at radius 1 is 1.20 bits per heavy atom. The Labute approximate surface area is 145 Å². The van der Waals surface area contributed by atoms with Crippen molar-refractivity contribution in [2.75, 3.05) is 13.2 Å². The molecule has 2 heterocycles. The predicted octanol–water partition coefficient (Wildman–Crippen LogP) is 2.25. The Morgan fingerprint density at radius 3 is 2.92 bits per heavy atom. The third-order valence-electron chi connectivity index (χ3n) is 4.32. The summed E-state index contributed by atoms with van der Waals surface area (Å²) in [6.45, 7) is 1.18. The van der Waals surface area contributed by atoms with Gasteiger partial charge in [0.2, 0.25) is 0 Å². The first-order valence-electron chi connectivity index (χ1n) is 8.24. The first-order chi connectivity index (χ1) is 12.3. The minimum Gasteiger partial charge on any atom is -0.493 e. The number of hydrogen-bond acceptors (Lipinski definition) is 4. The van der Waals surface area contributed by atoms with E-state index >= 15 is 0 Å². The van der Waals surface area contributed by atoms with Crippen LogP contribution in [0.25, 0.3) is 5.69 Å². The van der Waals surface area contributed by atoms with Crippen molar-refractivity contribution in [2.45, 2.75) is 6.42 Å². The van der Waals surface area contributed by atoms with Crippen molar-refractivity contribution >= 4 is 5.91 Å². The van der Waals surface area contributed by atoms with Crippen molar-refractivity contribution in [3.63, 3.8) is 0 Å². The van der Waals surface area contributed by atoms with Crippen LogP contribution in [0.2, 0.25) is 0 Å². The lowest BCUT2D eigenvalue weighted by atomic mass is 9.96. The zero-order valence-electron chi connectivity index (χ0n) is 13.6. The molecule has 1 amide bonds. The Hall–Kier alpha value is -3.15. The van der Waals surface area contributed by atoms with E-state index in [9.17, 15) is 4.79 Å². The van der Waals surface area contributed by atoms with E-state index < -0.39 is 0 Å². The van der Waals surface area contributed by atoms with Gasteiger partial charge in [-0.3, -0.25) is 4.79 Å². The van der Waals surface area contributed by atoms with Gasteiger partial charge >= 0.3 is 0 Å².